The standard InChI is InChI=1S/C16H20N2O2S/c1-11(13-7-5-4-6-8-13)9-10-17-16-18-12(2)14(21-16)15(19)20-3/h4-8,11H,9-10H2,1-3H3,(H,17,18). The third-order valence-corrected chi connectivity index (χ3v) is 4.48. The highest BCUT2D eigenvalue weighted by molar-refractivity contribution is 7.17. The lowest BCUT2D eigenvalue weighted by atomic mass is 9.98. The molecule has 0 aliphatic rings. The summed E-state index contributed by atoms with van der Waals surface area (Å²) in [6.45, 7) is 4.86. The molecule has 112 valence electrons. The van der Waals surface area contributed by atoms with E-state index >= 15 is 0 Å². The molecule has 21 heavy (non-hydrogen) atoms. The van der Waals surface area contributed by atoms with Crippen molar-refractivity contribution in [1.82, 2.24) is 4.98 Å². The summed E-state index contributed by atoms with van der Waals surface area (Å²) in [6, 6.07) is 10.4. The Morgan fingerprint density at radius 2 is 2.10 bits per heavy atom. The maximum atomic E-state index is 11.5. The molecule has 0 radical (unpaired) electrons. The molecule has 5 heteroatoms. The molecule has 1 atom stereocenters. The number of ether oxygens (including phenoxy) is 1. The fourth-order valence-electron chi connectivity index (χ4n) is 2.10. The number of hydrogen-bond donors (Lipinski definition) is 1. The Morgan fingerprint density at radius 3 is 2.76 bits per heavy atom. The van der Waals surface area contributed by atoms with Crippen LogP contribution in [0.1, 0.15) is 40.2 Å². The van der Waals surface area contributed by atoms with E-state index in [1.54, 1.807) is 0 Å². The summed E-state index contributed by atoms with van der Waals surface area (Å²) in [7, 11) is 1.39. The molecule has 0 spiro atoms. The molecule has 0 bridgehead atoms. The average Bonchev–Trinajstić information content (AvgIpc) is 2.88. The van der Waals surface area contributed by atoms with Gasteiger partial charge < -0.3 is 10.1 Å². The van der Waals surface area contributed by atoms with Gasteiger partial charge in [-0.2, -0.15) is 0 Å². The van der Waals surface area contributed by atoms with E-state index in [0.717, 1.165) is 18.1 Å². The number of nitrogens with one attached hydrogen (secondary N) is 1. The zero-order valence-electron chi connectivity index (χ0n) is 12.6. The van der Waals surface area contributed by atoms with Crippen molar-refractivity contribution in [3.05, 3.63) is 46.5 Å². The Labute approximate surface area is 129 Å². The number of nitrogens with zero attached hydrogens (tertiary/aromatic N) is 1. The fourth-order valence-corrected chi connectivity index (χ4v) is 3.01. The molecule has 0 fully saturated rings. The third kappa shape index (κ3) is 4.04. The van der Waals surface area contributed by atoms with Crippen LogP contribution in [0.15, 0.2) is 30.3 Å². The van der Waals surface area contributed by atoms with Gasteiger partial charge in [-0.3, -0.25) is 0 Å². The van der Waals surface area contributed by atoms with Gasteiger partial charge in [-0.25, -0.2) is 9.78 Å². The van der Waals surface area contributed by atoms with Gasteiger partial charge in [0, 0.05) is 6.54 Å². The molecule has 0 saturated carbocycles. The van der Waals surface area contributed by atoms with Gasteiger partial charge in [0.25, 0.3) is 0 Å². The van der Waals surface area contributed by atoms with E-state index in [1.165, 1.54) is 24.0 Å². The Hall–Kier alpha value is -1.88. The van der Waals surface area contributed by atoms with Crippen LogP contribution in [0.4, 0.5) is 5.13 Å². The molecular formula is C16H20N2O2S. The molecule has 1 unspecified atom stereocenters. The van der Waals surface area contributed by atoms with Crippen LogP contribution >= 0.6 is 11.3 Å². The molecule has 2 rings (SSSR count). The van der Waals surface area contributed by atoms with E-state index in [4.69, 9.17) is 4.74 Å². The van der Waals surface area contributed by atoms with Crippen molar-refractivity contribution >= 4 is 22.4 Å². The van der Waals surface area contributed by atoms with Crippen LogP contribution in [0.25, 0.3) is 0 Å². The largest absolute Gasteiger partial charge is 0.465 e. The molecule has 0 aliphatic heterocycles. The van der Waals surface area contributed by atoms with E-state index in [2.05, 4.69) is 41.5 Å². The second kappa shape index (κ2) is 7.22. The number of anilines is 1. The van der Waals surface area contributed by atoms with Gasteiger partial charge in [0.05, 0.1) is 12.8 Å². The quantitative estimate of drug-likeness (QED) is 0.824. The highest BCUT2D eigenvalue weighted by Gasteiger charge is 2.15. The summed E-state index contributed by atoms with van der Waals surface area (Å²) in [5, 5.41) is 4.06. The lowest BCUT2D eigenvalue weighted by Crippen LogP contribution is -2.05. The number of rotatable bonds is 6. The average molecular weight is 304 g/mol. The molecule has 0 saturated heterocycles. The lowest BCUT2D eigenvalue weighted by molar-refractivity contribution is 0.0605. The zero-order valence-corrected chi connectivity index (χ0v) is 13.4. The molecule has 4 nitrogen and oxygen atoms in total. The molecule has 1 aromatic heterocycles. The van der Waals surface area contributed by atoms with Gasteiger partial charge in [0.2, 0.25) is 0 Å². The van der Waals surface area contributed by atoms with Crippen molar-refractivity contribution in [3.63, 3.8) is 0 Å². The van der Waals surface area contributed by atoms with Gasteiger partial charge in [-0.15, -0.1) is 0 Å². The molecule has 1 N–H and O–H groups in total. The second-order valence-corrected chi connectivity index (χ2v) is 5.95. The van der Waals surface area contributed by atoms with E-state index in [1.807, 2.05) is 13.0 Å². The molecular weight excluding hydrogens is 284 g/mol. The first kappa shape index (κ1) is 15.5. The van der Waals surface area contributed by atoms with Gasteiger partial charge in [-0.1, -0.05) is 48.6 Å². The van der Waals surface area contributed by atoms with Crippen molar-refractivity contribution in [2.75, 3.05) is 19.0 Å². The topological polar surface area (TPSA) is 51.2 Å². The first-order valence-electron chi connectivity index (χ1n) is 6.96. The number of thiazole rings is 1. The van der Waals surface area contributed by atoms with Gasteiger partial charge in [0.15, 0.2) is 5.13 Å². The summed E-state index contributed by atoms with van der Waals surface area (Å²) >= 11 is 1.34. The number of esters is 1. The summed E-state index contributed by atoms with van der Waals surface area (Å²) < 4.78 is 4.73. The Balaban J connectivity index is 1.88. The number of benzene rings is 1. The van der Waals surface area contributed by atoms with Crippen molar-refractivity contribution in [1.29, 1.82) is 0 Å². The summed E-state index contributed by atoms with van der Waals surface area (Å²) in [6.07, 6.45) is 1.01. The van der Waals surface area contributed by atoms with E-state index in [9.17, 15) is 4.79 Å². The van der Waals surface area contributed by atoms with E-state index < -0.39 is 0 Å². The van der Waals surface area contributed by atoms with Crippen LogP contribution in [-0.2, 0) is 4.74 Å². The smallest absolute Gasteiger partial charge is 0.350 e. The zero-order chi connectivity index (χ0) is 15.2. The fraction of sp³-hybridized carbons (Fsp3) is 0.375. The molecule has 1 heterocycles. The van der Waals surface area contributed by atoms with Gasteiger partial charge >= 0.3 is 5.97 Å². The number of aromatic nitrogens is 1. The highest BCUT2D eigenvalue weighted by atomic mass is 32.1. The Bertz CT molecular complexity index is 596. The minimum absolute atomic E-state index is 0.323. The molecule has 0 amide bonds. The first-order valence-corrected chi connectivity index (χ1v) is 7.78. The third-order valence-electron chi connectivity index (χ3n) is 3.39. The lowest BCUT2D eigenvalue weighted by Gasteiger charge is -2.11. The van der Waals surface area contributed by atoms with Crippen LogP contribution < -0.4 is 5.32 Å². The maximum Gasteiger partial charge on any atom is 0.350 e. The first-order chi connectivity index (χ1) is 10.1. The predicted molar refractivity (Wildman–Crippen MR) is 86.2 cm³/mol. The van der Waals surface area contributed by atoms with Crippen molar-refractivity contribution in [2.45, 2.75) is 26.2 Å². The van der Waals surface area contributed by atoms with E-state index in [-0.39, 0.29) is 5.97 Å². The predicted octanol–water partition coefficient (Wildman–Crippen LogP) is 3.84. The number of hydrogen-bond acceptors (Lipinski definition) is 5. The van der Waals surface area contributed by atoms with Crippen molar-refractivity contribution < 1.29 is 9.53 Å². The van der Waals surface area contributed by atoms with E-state index in [0.29, 0.717) is 16.5 Å². The summed E-state index contributed by atoms with van der Waals surface area (Å²) in [4.78, 5) is 16.5. The maximum absolute atomic E-state index is 11.5. The minimum Gasteiger partial charge on any atom is -0.465 e. The van der Waals surface area contributed by atoms with Crippen LogP contribution in [0.2, 0.25) is 0 Å². The highest BCUT2D eigenvalue weighted by Crippen LogP contribution is 2.24. The SMILES string of the molecule is COC(=O)c1sc(NCCC(C)c2ccccc2)nc1C. The Morgan fingerprint density at radius 1 is 1.38 bits per heavy atom. The molecule has 1 aromatic carbocycles. The normalized spacial score (nSPS) is 12.0. The van der Waals surface area contributed by atoms with Crippen LogP contribution in [-0.4, -0.2) is 24.6 Å². The summed E-state index contributed by atoms with van der Waals surface area (Å²) in [5.74, 6) is 0.163. The van der Waals surface area contributed by atoms with Gasteiger partial charge in [-0.05, 0) is 24.8 Å². The molecule has 0 aliphatic carbocycles. The monoisotopic (exact) mass is 304 g/mol. The van der Waals surface area contributed by atoms with Crippen molar-refractivity contribution in [2.24, 2.45) is 0 Å². The molecule has 2 aromatic rings. The van der Waals surface area contributed by atoms with Crippen LogP contribution in [0, 0.1) is 6.92 Å². The Kier molecular flexibility index (Phi) is 5.33. The number of methoxy groups -OCH3 is 1. The van der Waals surface area contributed by atoms with Crippen LogP contribution in [0.5, 0.6) is 0 Å². The number of aryl methyl sites for hydroxylation is 1. The van der Waals surface area contributed by atoms with Crippen molar-refractivity contribution in [3.8, 4) is 0 Å². The van der Waals surface area contributed by atoms with Crippen LogP contribution in [0.3, 0.4) is 0 Å². The second-order valence-electron chi connectivity index (χ2n) is 4.95. The minimum atomic E-state index is -0.323. The summed E-state index contributed by atoms with van der Waals surface area (Å²) in [5.41, 5.74) is 2.05. The van der Waals surface area contributed by atoms with Gasteiger partial charge in [0.1, 0.15) is 4.88 Å². The number of carbonyl (C=O) groups is 1. The number of carbonyl (C=O) groups excluding carboxylic acids is 1.